The van der Waals surface area contributed by atoms with E-state index in [2.05, 4.69) is 5.10 Å². The van der Waals surface area contributed by atoms with Crippen molar-refractivity contribution in [3.05, 3.63) is 33.6 Å². The predicted molar refractivity (Wildman–Crippen MR) is 111 cm³/mol. The van der Waals surface area contributed by atoms with Crippen LogP contribution in [0.5, 0.6) is 17.2 Å². The van der Waals surface area contributed by atoms with Crippen molar-refractivity contribution in [1.82, 2.24) is 9.78 Å². The van der Waals surface area contributed by atoms with Crippen LogP contribution in [0.2, 0.25) is 0 Å². The van der Waals surface area contributed by atoms with Crippen LogP contribution in [0.25, 0.3) is 0 Å². The lowest BCUT2D eigenvalue weighted by molar-refractivity contribution is 0.331. The van der Waals surface area contributed by atoms with Crippen molar-refractivity contribution in [3.63, 3.8) is 0 Å². The highest BCUT2D eigenvalue weighted by Gasteiger charge is 2.33. The Kier molecular flexibility index (Phi) is 5.14. The van der Waals surface area contributed by atoms with Crippen LogP contribution >= 0.6 is 11.8 Å². The molecule has 7 nitrogen and oxygen atoms in total. The zero-order chi connectivity index (χ0) is 19.8. The van der Waals surface area contributed by atoms with Gasteiger partial charge in [-0.05, 0) is 37.5 Å². The highest BCUT2D eigenvalue weighted by atomic mass is 32.2. The number of aromatic nitrogens is 2. The van der Waals surface area contributed by atoms with Gasteiger partial charge in [0.15, 0.2) is 17.3 Å². The number of fused-ring (bicyclic) bond motifs is 1. The normalized spacial score (nSPS) is 19.8. The van der Waals surface area contributed by atoms with Crippen LogP contribution < -0.4 is 15.0 Å². The fourth-order valence-corrected chi connectivity index (χ4v) is 5.20. The van der Waals surface area contributed by atoms with E-state index in [4.69, 9.17) is 14.5 Å². The number of nitrogens with one attached hydrogen (secondary N) is 1. The summed E-state index contributed by atoms with van der Waals surface area (Å²) in [6.45, 7) is 1.96. The molecule has 2 aliphatic rings. The highest BCUT2D eigenvalue weighted by Crippen LogP contribution is 2.48. The maximum absolute atomic E-state index is 12.9. The van der Waals surface area contributed by atoms with Gasteiger partial charge in [-0.3, -0.25) is 14.6 Å². The van der Waals surface area contributed by atoms with E-state index in [1.165, 1.54) is 45.2 Å². The largest absolute Gasteiger partial charge is 0.502 e. The van der Waals surface area contributed by atoms with Gasteiger partial charge in [0.2, 0.25) is 5.75 Å². The standard InChI is InChI=1S/C20H25N3O4S/c1-11-21-19-16(20(25)22-23(19)13-7-5-4-6-8-13)18(28-11)12-9-14(26-2)17(24)15(10-12)27-3/h9-10,13,18,24H,4-8H2,1-3H3,(H,22,25)/t18-/m1/s1. The number of aromatic hydroxyl groups is 1. The number of benzene rings is 1. The minimum atomic E-state index is -0.246. The molecule has 0 saturated heterocycles. The third-order valence-corrected chi connectivity index (χ3v) is 6.67. The summed E-state index contributed by atoms with van der Waals surface area (Å²) in [6, 6.07) is 3.80. The fraction of sp³-hybridized carbons (Fsp3) is 0.500. The molecule has 0 spiro atoms. The van der Waals surface area contributed by atoms with Crippen molar-refractivity contribution >= 4 is 22.6 Å². The number of H-pyrrole nitrogens is 1. The molecule has 0 amide bonds. The summed E-state index contributed by atoms with van der Waals surface area (Å²) in [5, 5.41) is 13.9. The molecule has 2 heterocycles. The maximum atomic E-state index is 12.9. The molecule has 28 heavy (non-hydrogen) atoms. The minimum absolute atomic E-state index is 0.0474. The van der Waals surface area contributed by atoms with Crippen LogP contribution in [0.15, 0.2) is 21.9 Å². The van der Waals surface area contributed by atoms with Crippen molar-refractivity contribution < 1.29 is 14.6 Å². The molecule has 2 N–H and O–H groups in total. The lowest BCUT2D eigenvalue weighted by Gasteiger charge is -2.26. The van der Waals surface area contributed by atoms with Crippen LogP contribution in [-0.2, 0) is 0 Å². The molecule has 0 radical (unpaired) electrons. The Morgan fingerprint density at radius 2 is 1.82 bits per heavy atom. The topological polar surface area (TPSA) is 88.8 Å². The summed E-state index contributed by atoms with van der Waals surface area (Å²) < 4.78 is 12.6. The van der Waals surface area contributed by atoms with Gasteiger partial charge in [-0.2, -0.15) is 0 Å². The molecule has 1 saturated carbocycles. The summed E-state index contributed by atoms with van der Waals surface area (Å²) in [4.78, 5) is 17.6. The number of rotatable bonds is 4. The SMILES string of the molecule is COc1cc([C@H]2SC(C)=Nc3c2c(=O)[nH]n3C2CCCCC2)cc(OC)c1O. The second kappa shape index (κ2) is 7.58. The van der Waals surface area contributed by atoms with Gasteiger partial charge < -0.3 is 14.6 Å². The first-order valence-electron chi connectivity index (χ1n) is 9.54. The van der Waals surface area contributed by atoms with Crippen LogP contribution in [0.1, 0.15) is 61.4 Å². The monoisotopic (exact) mass is 403 g/mol. The molecule has 1 aliphatic carbocycles. The molecule has 0 unspecified atom stereocenters. The number of aromatic amines is 1. The number of ether oxygens (including phenoxy) is 2. The van der Waals surface area contributed by atoms with Gasteiger partial charge in [-0.15, -0.1) is 0 Å². The number of phenols is 1. The third-order valence-electron chi connectivity index (χ3n) is 5.49. The summed E-state index contributed by atoms with van der Waals surface area (Å²) in [5.74, 6) is 1.32. The predicted octanol–water partition coefficient (Wildman–Crippen LogP) is 4.29. The van der Waals surface area contributed by atoms with E-state index in [1.807, 2.05) is 11.6 Å². The Morgan fingerprint density at radius 1 is 1.18 bits per heavy atom. The average Bonchev–Trinajstić information content (AvgIpc) is 3.04. The fourth-order valence-electron chi connectivity index (χ4n) is 4.11. The number of phenolic OH excluding ortho intramolecular Hbond substituents is 1. The van der Waals surface area contributed by atoms with E-state index in [0.29, 0.717) is 17.1 Å². The van der Waals surface area contributed by atoms with Crippen LogP contribution in [0, 0.1) is 0 Å². The van der Waals surface area contributed by atoms with Crippen molar-refractivity contribution in [2.45, 2.75) is 50.3 Å². The van der Waals surface area contributed by atoms with Gasteiger partial charge >= 0.3 is 0 Å². The Hall–Kier alpha value is -2.35. The van der Waals surface area contributed by atoms with Crippen molar-refractivity contribution in [2.24, 2.45) is 4.99 Å². The van der Waals surface area contributed by atoms with Crippen molar-refractivity contribution in [1.29, 1.82) is 0 Å². The number of aliphatic imine (C=N–C) groups is 1. The Labute approximate surface area is 167 Å². The second-order valence-corrected chi connectivity index (χ2v) is 8.54. The number of hydrogen-bond acceptors (Lipinski definition) is 6. The summed E-state index contributed by atoms with van der Waals surface area (Å²) >= 11 is 1.52. The Morgan fingerprint density at radius 3 is 2.43 bits per heavy atom. The zero-order valence-corrected chi connectivity index (χ0v) is 17.1. The first kappa shape index (κ1) is 19.0. The zero-order valence-electron chi connectivity index (χ0n) is 16.3. The van der Waals surface area contributed by atoms with Crippen LogP contribution in [0.3, 0.4) is 0 Å². The van der Waals surface area contributed by atoms with E-state index >= 15 is 0 Å². The van der Waals surface area contributed by atoms with Gasteiger partial charge in [0, 0.05) is 0 Å². The van der Waals surface area contributed by atoms with E-state index in [0.717, 1.165) is 29.3 Å². The van der Waals surface area contributed by atoms with Gasteiger partial charge in [-0.1, -0.05) is 31.0 Å². The van der Waals surface area contributed by atoms with Gasteiger partial charge in [0.05, 0.1) is 36.1 Å². The van der Waals surface area contributed by atoms with E-state index in [-0.39, 0.29) is 22.6 Å². The number of thioether (sulfide) groups is 1. The summed E-state index contributed by atoms with van der Waals surface area (Å²) in [5.41, 5.74) is 1.37. The molecule has 1 fully saturated rings. The van der Waals surface area contributed by atoms with E-state index in [1.54, 1.807) is 12.1 Å². The third kappa shape index (κ3) is 3.19. The van der Waals surface area contributed by atoms with Crippen molar-refractivity contribution in [2.75, 3.05) is 14.2 Å². The Bertz CT molecular complexity index is 947. The van der Waals surface area contributed by atoms with Gasteiger partial charge in [0.25, 0.3) is 5.56 Å². The molecule has 1 aliphatic heterocycles. The van der Waals surface area contributed by atoms with E-state index in [9.17, 15) is 9.90 Å². The lowest BCUT2D eigenvalue weighted by Crippen LogP contribution is -2.16. The first-order chi connectivity index (χ1) is 13.5. The average molecular weight is 404 g/mol. The lowest BCUT2D eigenvalue weighted by atomic mass is 9.95. The first-order valence-corrected chi connectivity index (χ1v) is 10.4. The number of methoxy groups -OCH3 is 2. The quantitative estimate of drug-likeness (QED) is 0.795. The number of hydrogen-bond donors (Lipinski definition) is 2. The smallest absolute Gasteiger partial charge is 0.271 e. The molecule has 0 bridgehead atoms. The molecule has 8 heteroatoms. The molecular formula is C20H25N3O4S. The molecule has 1 atom stereocenters. The summed E-state index contributed by atoms with van der Waals surface area (Å²) in [6.07, 6.45) is 5.71. The number of nitrogens with zero attached hydrogens (tertiary/aromatic N) is 2. The van der Waals surface area contributed by atoms with Crippen LogP contribution in [0.4, 0.5) is 5.82 Å². The maximum Gasteiger partial charge on any atom is 0.271 e. The van der Waals surface area contributed by atoms with Crippen molar-refractivity contribution in [3.8, 4) is 17.2 Å². The van der Waals surface area contributed by atoms with Gasteiger partial charge in [-0.25, -0.2) is 4.99 Å². The summed E-state index contributed by atoms with van der Waals surface area (Å²) in [7, 11) is 2.99. The molecule has 1 aromatic heterocycles. The molecule has 150 valence electrons. The molecule has 4 rings (SSSR count). The molecular weight excluding hydrogens is 378 g/mol. The highest BCUT2D eigenvalue weighted by molar-refractivity contribution is 8.14. The minimum Gasteiger partial charge on any atom is -0.502 e. The molecule has 2 aromatic rings. The van der Waals surface area contributed by atoms with E-state index < -0.39 is 0 Å². The molecule has 1 aromatic carbocycles. The van der Waals surface area contributed by atoms with Crippen LogP contribution in [-0.4, -0.2) is 34.2 Å². The Balaban J connectivity index is 1.84. The second-order valence-electron chi connectivity index (χ2n) is 7.24. The van der Waals surface area contributed by atoms with Gasteiger partial charge in [0.1, 0.15) is 0 Å².